The average molecular weight is 253 g/mol. The number of aromatic amines is 1. The molecule has 0 amide bonds. The normalized spacial score (nSPS) is 10.8. The van der Waals surface area contributed by atoms with E-state index in [2.05, 4.69) is 21.0 Å². The van der Waals surface area contributed by atoms with Gasteiger partial charge in [-0.15, -0.1) is 0 Å². The van der Waals surface area contributed by atoms with Gasteiger partial charge in [-0.05, 0) is 36.8 Å². The van der Waals surface area contributed by atoms with Gasteiger partial charge in [0.15, 0.2) is 5.65 Å². The standard InChI is InChI=1S/C15H15N3O/c1-10-6-7-13-15(16-10)18-14(17-13)9-11-4-3-5-12(8-11)19-2/h3-8H,9H2,1-2H3,(H,16,17,18). The van der Waals surface area contributed by atoms with Gasteiger partial charge in [-0.25, -0.2) is 9.97 Å². The maximum atomic E-state index is 5.22. The van der Waals surface area contributed by atoms with E-state index in [1.165, 1.54) is 0 Å². The minimum absolute atomic E-state index is 0.743. The van der Waals surface area contributed by atoms with E-state index >= 15 is 0 Å². The zero-order valence-corrected chi connectivity index (χ0v) is 11.0. The Labute approximate surface area is 111 Å². The molecule has 19 heavy (non-hydrogen) atoms. The van der Waals surface area contributed by atoms with Crippen molar-refractivity contribution in [2.75, 3.05) is 7.11 Å². The lowest BCUT2D eigenvalue weighted by Gasteiger charge is -2.02. The number of benzene rings is 1. The van der Waals surface area contributed by atoms with Crippen molar-refractivity contribution in [1.29, 1.82) is 0 Å². The summed E-state index contributed by atoms with van der Waals surface area (Å²) in [4.78, 5) is 12.2. The number of hydrogen-bond donors (Lipinski definition) is 1. The molecular weight excluding hydrogens is 238 g/mol. The lowest BCUT2D eigenvalue weighted by Crippen LogP contribution is -1.91. The molecule has 4 heteroatoms. The lowest BCUT2D eigenvalue weighted by molar-refractivity contribution is 0.414. The van der Waals surface area contributed by atoms with E-state index in [9.17, 15) is 0 Å². The zero-order valence-electron chi connectivity index (χ0n) is 11.0. The van der Waals surface area contributed by atoms with Crippen LogP contribution in [0.25, 0.3) is 11.2 Å². The van der Waals surface area contributed by atoms with Crippen LogP contribution in [0.1, 0.15) is 17.1 Å². The molecule has 0 spiro atoms. The van der Waals surface area contributed by atoms with Crippen LogP contribution in [0.4, 0.5) is 0 Å². The van der Waals surface area contributed by atoms with Crippen molar-refractivity contribution in [2.24, 2.45) is 0 Å². The first kappa shape index (κ1) is 11.7. The molecule has 96 valence electrons. The van der Waals surface area contributed by atoms with Crippen LogP contribution in [0.2, 0.25) is 0 Å². The molecule has 0 radical (unpaired) electrons. The molecule has 0 saturated heterocycles. The number of nitrogens with one attached hydrogen (secondary N) is 1. The molecule has 0 aliphatic rings. The first-order chi connectivity index (χ1) is 9.24. The number of aryl methyl sites for hydroxylation is 1. The third kappa shape index (κ3) is 2.42. The number of rotatable bonds is 3. The molecule has 1 aromatic carbocycles. The summed E-state index contributed by atoms with van der Waals surface area (Å²) in [5.74, 6) is 1.78. The van der Waals surface area contributed by atoms with E-state index in [1.807, 2.05) is 37.3 Å². The van der Waals surface area contributed by atoms with Crippen molar-refractivity contribution in [3.63, 3.8) is 0 Å². The summed E-state index contributed by atoms with van der Waals surface area (Å²) >= 11 is 0. The summed E-state index contributed by atoms with van der Waals surface area (Å²) in [6.45, 7) is 1.97. The highest BCUT2D eigenvalue weighted by Crippen LogP contribution is 2.16. The maximum absolute atomic E-state index is 5.22. The molecule has 0 bridgehead atoms. The highest BCUT2D eigenvalue weighted by Gasteiger charge is 2.05. The van der Waals surface area contributed by atoms with Gasteiger partial charge in [-0.2, -0.15) is 0 Å². The van der Waals surface area contributed by atoms with Gasteiger partial charge in [0.05, 0.1) is 12.6 Å². The molecule has 4 nitrogen and oxygen atoms in total. The third-order valence-corrected chi connectivity index (χ3v) is 3.04. The molecular formula is C15H15N3O. The number of pyridine rings is 1. The van der Waals surface area contributed by atoms with Gasteiger partial charge in [-0.1, -0.05) is 12.1 Å². The molecule has 2 aromatic heterocycles. The van der Waals surface area contributed by atoms with E-state index in [4.69, 9.17) is 4.74 Å². The Balaban J connectivity index is 1.92. The minimum Gasteiger partial charge on any atom is -0.497 e. The summed E-state index contributed by atoms with van der Waals surface area (Å²) in [6, 6.07) is 12.0. The van der Waals surface area contributed by atoms with E-state index < -0.39 is 0 Å². The second-order valence-electron chi connectivity index (χ2n) is 4.54. The van der Waals surface area contributed by atoms with Crippen molar-refractivity contribution in [2.45, 2.75) is 13.3 Å². The molecule has 3 rings (SSSR count). The Hall–Kier alpha value is -2.36. The number of aromatic nitrogens is 3. The average Bonchev–Trinajstić information content (AvgIpc) is 2.80. The number of fused-ring (bicyclic) bond motifs is 1. The monoisotopic (exact) mass is 253 g/mol. The predicted octanol–water partition coefficient (Wildman–Crippen LogP) is 2.87. The Morgan fingerprint density at radius 2 is 2.05 bits per heavy atom. The number of ether oxygens (including phenoxy) is 1. The summed E-state index contributed by atoms with van der Waals surface area (Å²) in [6.07, 6.45) is 0.743. The molecule has 0 aliphatic heterocycles. The van der Waals surface area contributed by atoms with Crippen LogP contribution in [0.3, 0.4) is 0 Å². The van der Waals surface area contributed by atoms with E-state index in [1.54, 1.807) is 7.11 Å². The third-order valence-electron chi connectivity index (χ3n) is 3.04. The summed E-state index contributed by atoms with van der Waals surface area (Å²) in [5.41, 5.74) is 3.89. The molecule has 0 aliphatic carbocycles. The van der Waals surface area contributed by atoms with Crippen LogP contribution in [0.15, 0.2) is 36.4 Å². The Morgan fingerprint density at radius 3 is 2.89 bits per heavy atom. The molecule has 0 atom stereocenters. The van der Waals surface area contributed by atoms with Gasteiger partial charge < -0.3 is 9.72 Å². The molecule has 0 unspecified atom stereocenters. The lowest BCUT2D eigenvalue weighted by atomic mass is 10.1. The van der Waals surface area contributed by atoms with Gasteiger partial charge in [0, 0.05) is 12.1 Å². The van der Waals surface area contributed by atoms with Crippen LogP contribution in [-0.2, 0) is 6.42 Å². The van der Waals surface area contributed by atoms with Crippen molar-refractivity contribution >= 4 is 11.2 Å². The second-order valence-corrected chi connectivity index (χ2v) is 4.54. The smallest absolute Gasteiger partial charge is 0.177 e. The van der Waals surface area contributed by atoms with Crippen molar-refractivity contribution in [3.8, 4) is 5.75 Å². The van der Waals surface area contributed by atoms with Gasteiger partial charge in [0.2, 0.25) is 0 Å². The number of imidazole rings is 1. The second kappa shape index (κ2) is 4.72. The van der Waals surface area contributed by atoms with Gasteiger partial charge >= 0.3 is 0 Å². The van der Waals surface area contributed by atoms with Gasteiger partial charge in [0.25, 0.3) is 0 Å². The van der Waals surface area contributed by atoms with Crippen molar-refractivity contribution in [3.05, 3.63) is 53.5 Å². The maximum Gasteiger partial charge on any atom is 0.177 e. The zero-order chi connectivity index (χ0) is 13.2. The SMILES string of the molecule is COc1cccc(Cc2nc3nc(C)ccc3[nH]2)c1. The first-order valence-corrected chi connectivity index (χ1v) is 6.20. The van der Waals surface area contributed by atoms with Gasteiger partial charge in [-0.3, -0.25) is 0 Å². The first-order valence-electron chi connectivity index (χ1n) is 6.20. The number of nitrogens with zero attached hydrogens (tertiary/aromatic N) is 2. The van der Waals surface area contributed by atoms with Crippen LogP contribution in [0.5, 0.6) is 5.75 Å². The largest absolute Gasteiger partial charge is 0.497 e. The number of hydrogen-bond acceptors (Lipinski definition) is 3. The molecule has 2 heterocycles. The number of methoxy groups -OCH3 is 1. The van der Waals surface area contributed by atoms with Crippen molar-refractivity contribution < 1.29 is 4.74 Å². The minimum atomic E-state index is 0.743. The van der Waals surface area contributed by atoms with E-state index in [0.717, 1.165) is 40.4 Å². The fourth-order valence-electron chi connectivity index (χ4n) is 2.10. The summed E-state index contributed by atoms with van der Waals surface area (Å²) < 4.78 is 5.22. The highest BCUT2D eigenvalue weighted by atomic mass is 16.5. The molecule has 0 saturated carbocycles. The predicted molar refractivity (Wildman–Crippen MR) is 74.4 cm³/mol. The van der Waals surface area contributed by atoms with E-state index in [0.29, 0.717) is 0 Å². The van der Waals surface area contributed by atoms with E-state index in [-0.39, 0.29) is 0 Å². The van der Waals surface area contributed by atoms with Crippen LogP contribution >= 0.6 is 0 Å². The van der Waals surface area contributed by atoms with Gasteiger partial charge in [0.1, 0.15) is 11.6 Å². The fraction of sp³-hybridized carbons (Fsp3) is 0.200. The molecule has 0 fully saturated rings. The van der Waals surface area contributed by atoms with Crippen LogP contribution in [0, 0.1) is 6.92 Å². The quantitative estimate of drug-likeness (QED) is 0.780. The molecule has 1 N–H and O–H groups in total. The topological polar surface area (TPSA) is 50.8 Å². The highest BCUT2D eigenvalue weighted by molar-refractivity contribution is 5.70. The Kier molecular flexibility index (Phi) is 2.91. The van der Waals surface area contributed by atoms with Crippen molar-refractivity contribution in [1.82, 2.24) is 15.0 Å². The summed E-state index contributed by atoms with van der Waals surface area (Å²) in [7, 11) is 1.67. The summed E-state index contributed by atoms with van der Waals surface area (Å²) in [5, 5.41) is 0. The Morgan fingerprint density at radius 1 is 1.16 bits per heavy atom. The fourth-order valence-corrected chi connectivity index (χ4v) is 2.10. The van der Waals surface area contributed by atoms with Crippen LogP contribution in [-0.4, -0.2) is 22.1 Å². The molecule has 3 aromatic rings. The number of H-pyrrole nitrogens is 1. The Bertz CT molecular complexity index is 718. The van der Waals surface area contributed by atoms with Crippen LogP contribution < -0.4 is 4.74 Å².